The van der Waals surface area contributed by atoms with Gasteiger partial charge in [0, 0.05) is 28.9 Å². The van der Waals surface area contributed by atoms with Crippen LogP contribution in [0.15, 0.2) is 78.4 Å². The predicted octanol–water partition coefficient (Wildman–Crippen LogP) is 4.55. The van der Waals surface area contributed by atoms with E-state index in [0.29, 0.717) is 17.9 Å². The van der Waals surface area contributed by atoms with E-state index in [0.717, 1.165) is 27.4 Å². The first-order valence-electron chi connectivity index (χ1n) is 8.67. The molecule has 0 unspecified atom stereocenters. The lowest BCUT2D eigenvalue weighted by atomic mass is 9.97. The minimum atomic E-state index is -0.481. The Bertz CT molecular complexity index is 1100. The van der Waals surface area contributed by atoms with Crippen molar-refractivity contribution in [1.29, 1.82) is 0 Å². The van der Waals surface area contributed by atoms with Gasteiger partial charge in [-0.3, -0.25) is 9.78 Å². The largest absolute Gasteiger partial charge is 0.487 e. The van der Waals surface area contributed by atoms with Crippen LogP contribution in [0.1, 0.15) is 16.1 Å². The molecule has 138 valence electrons. The van der Waals surface area contributed by atoms with Gasteiger partial charge in [0.1, 0.15) is 17.4 Å². The monoisotopic (exact) mass is 387 g/mol. The van der Waals surface area contributed by atoms with E-state index >= 15 is 0 Å². The second kappa shape index (κ2) is 8.02. The third kappa shape index (κ3) is 3.92. The van der Waals surface area contributed by atoms with Gasteiger partial charge in [-0.15, -0.1) is 11.3 Å². The van der Waals surface area contributed by atoms with Gasteiger partial charge < -0.3 is 10.5 Å². The fourth-order valence-electron chi connectivity index (χ4n) is 2.89. The number of benzene rings is 2. The van der Waals surface area contributed by atoms with E-state index in [-0.39, 0.29) is 0 Å². The topological polar surface area (TPSA) is 78.1 Å². The van der Waals surface area contributed by atoms with Crippen molar-refractivity contribution in [2.24, 2.45) is 5.73 Å². The summed E-state index contributed by atoms with van der Waals surface area (Å²) in [5.74, 6) is 0.163. The number of thiazole rings is 1. The average molecular weight is 387 g/mol. The molecule has 0 fully saturated rings. The van der Waals surface area contributed by atoms with Crippen molar-refractivity contribution in [2.75, 3.05) is 0 Å². The number of nitrogens with zero attached hydrogens (tertiary/aromatic N) is 2. The van der Waals surface area contributed by atoms with E-state index in [2.05, 4.69) is 9.97 Å². The molecule has 0 aliphatic carbocycles. The van der Waals surface area contributed by atoms with Gasteiger partial charge in [-0.2, -0.15) is 0 Å². The summed E-state index contributed by atoms with van der Waals surface area (Å²) in [5.41, 5.74) is 9.47. The summed E-state index contributed by atoms with van der Waals surface area (Å²) in [4.78, 5) is 20.6. The average Bonchev–Trinajstić information content (AvgIpc) is 3.28. The van der Waals surface area contributed by atoms with Crippen molar-refractivity contribution in [2.45, 2.75) is 6.61 Å². The number of carbonyl (C=O) groups excluding carboxylic acids is 1. The lowest BCUT2D eigenvalue weighted by molar-refractivity contribution is 0.100. The van der Waals surface area contributed by atoms with E-state index in [9.17, 15) is 4.79 Å². The highest BCUT2D eigenvalue weighted by Gasteiger charge is 2.13. The van der Waals surface area contributed by atoms with E-state index in [4.69, 9.17) is 10.5 Å². The SMILES string of the molecule is NC(=O)c1ccc(OCc2ccccn2)cc1-c1cccc(-c2nccs2)c1. The number of aromatic nitrogens is 2. The molecule has 6 heteroatoms. The number of hydrogen-bond donors (Lipinski definition) is 1. The first-order valence-corrected chi connectivity index (χ1v) is 9.55. The molecule has 4 rings (SSSR count). The zero-order valence-corrected chi connectivity index (χ0v) is 15.7. The molecular formula is C22H17N3O2S. The fourth-order valence-corrected chi connectivity index (χ4v) is 3.53. The maximum absolute atomic E-state index is 12.0. The molecule has 28 heavy (non-hydrogen) atoms. The molecule has 2 heterocycles. The number of amides is 1. The van der Waals surface area contributed by atoms with Gasteiger partial charge in [0.15, 0.2) is 0 Å². The second-order valence-corrected chi connectivity index (χ2v) is 6.99. The molecule has 0 aliphatic rings. The zero-order valence-electron chi connectivity index (χ0n) is 14.9. The summed E-state index contributed by atoms with van der Waals surface area (Å²) in [6.07, 6.45) is 3.50. The Hall–Kier alpha value is -3.51. The quantitative estimate of drug-likeness (QED) is 0.526. The van der Waals surface area contributed by atoms with Gasteiger partial charge in [-0.25, -0.2) is 4.98 Å². The molecule has 0 aliphatic heterocycles. The van der Waals surface area contributed by atoms with Crippen LogP contribution in [0.2, 0.25) is 0 Å². The van der Waals surface area contributed by atoms with Crippen molar-refractivity contribution in [1.82, 2.24) is 9.97 Å². The Labute approximate surface area is 166 Å². The van der Waals surface area contributed by atoms with Crippen LogP contribution in [-0.2, 0) is 6.61 Å². The third-order valence-corrected chi connectivity index (χ3v) is 5.04. The molecule has 0 saturated heterocycles. The number of hydrogen-bond acceptors (Lipinski definition) is 5. The molecule has 0 atom stereocenters. The Morgan fingerprint density at radius 3 is 2.61 bits per heavy atom. The smallest absolute Gasteiger partial charge is 0.249 e. The predicted molar refractivity (Wildman–Crippen MR) is 110 cm³/mol. The van der Waals surface area contributed by atoms with Crippen molar-refractivity contribution in [3.63, 3.8) is 0 Å². The molecule has 0 bridgehead atoms. The Kier molecular flexibility index (Phi) is 5.12. The van der Waals surface area contributed by atoms with Gasteiger partial charge in [0.05, 0.1) is 5.69 Å². The maximum Gasteiger partial charge on any atom is 0.249 e. The van der Waals surface area contributed by atoms with E-state index < -0.39 is 5.91 Å². The lowest BCUT2D eigenvalue weighted by Crippen LogP contribution is -2.12. The first-order chi connectivity index (χ1) is 13.7. The Morgan fingerprint density at radius 1 is 0.964 bits per heavy atom. The number of pyridine rings is 1. The molecule has 0 radical (unpaired) electrons. The number of rotatable bonds is 6. The van der Waals surface area contributed by atoms with Crippen LogP contribution in [0.25, 0.3) is 21.7 Å². The van der Waals surface area contributed by atoms with Crippen LogP contribution >= 0.6 is 11.3 Å². The standard InChI is InChI=1S/C22H17N3O2S/c23-21(26)19-8-7-18(27-14-17-6-1-2-9-24-17)13-20(19)15-4-3-5-16(12-15)22-25-10-11-28-22/h1-13H,14H2,(H2,23,26). The minimum absolute atomic E-state index is 0.343. The van der Waals surface area contributed by atoms with Crippen molar-refractivity contribution >= 4 is 17.2 Å². The molecule has 0 spiro atoms. The zero-order chi connectivity index (χ0) is 19.3. The summed E-state index contributed by atoms with van der Waals surface area (Å²) in [6.45, 7) is 0.343. The molecule has 2 aromatic carbocycles. The van der Waals surface area contributed by atoms with Crippen molar-refractivity contribution in [3.8, 4) is 27.4 Å². The molecule has 5 nitrogen and oxygen atoms in total. The summed E-state index contributed by atoms with van der Waals surface area (Å²) in [5, 5.41) is 2.85. The van der Waals surface area contributed by atoms with E-state index in [1.807, 2.05) is 53.9 Å². The maximum atomic E-state index is 12.0. The highest BCUT2D eigenvalue weighted by molar-refractivity contribution is 7.13. The summed E-state index contributed by atoms with van der Waals surface area (Å²) in [6, 6.07) is 18.8. The van der Waals surface area contributed by atoms with Crippen LogP contribution in [0.5, 0.6) is 5.75 Å². The number of ether oxygens (including phenoxy) is 1. The van der Waals surface area contributed by atoms with E-state index in [1.54, 1.807) is 35.9 Å². The number of nitrogens with two attached hydrogens (primary N) is 1. The van der Waals surface area contributed by atoms with Crippen molar-refractivity contribution in [3.05, 3.63) is 89.7 Å². The highest BCUT2D eigenvalue weighted by atomic mass is 32.1. The molecule has 0 saturated carbocycles. The number of primary amides is 1. The van der Waals surface area contributed by atoms with Gasteiger partial charge >= 0.3 is 0 Å². The van der Waals surface area contributed by atoms with Crippen LogP contribution in [0.4, 0.5) is 0 Å². The molecule has 1 amide bonds. The molecule has 4 aromatic rings. The minimum Gasteiger partial charge on any atom is -0.487 e. The molecular weight excluding hydrogens is 370 g/mol. The second-order valence-electron chi connectivity index (χ2n) is 6.10. The Balaban J connectivity index is 1.68. The third-order valence-electron chi connectivity index (χ3n) is 4.22. The van der Waals surface area contributed by atoms with E-state index in [1.165, 1.54) is 0 Å². The summed E-state index contributed by atoms with van der Waals surface area (Å²) >= 11 is 1.56. The normalized spacial score (nSPS) is 10.6. The van der Waals surface area contributed by atoms with Gasteiger partial charge in [0.25, 0.3) is 0 Å². The van der Waals surface area contributed by atoms with Crippen LogP contribution in [-0.4, -0.2) is 15.9 Å². The first kappa shape index (κ1) is 17.9. The summed E-state index contributed by atoms with van der Waals surface area (Å²) < 4.78 is 5.87. The Morgan fingerprint density at radius 2 is 1.86 bits per heavy atom. The van der Waals surface area contributed by atoms with Gasteiger partial charge in [0.2, 0.25) is 5.91 Å². The fraction of sp³-hybridized carbons (Fsp3) is 0.0455. The molecule has 2 aromatic heterocycles. The lowest BCUT2D eigenvalue weighted by Gasteiger charge is -2.12. The summed E-state index contributed by atoms with van der Waals surface area (Å²) in [7, 11) is 0. The molecule has 2 N–H and O–H groups in total. The number of carbonyl (C=O) groups is 1. The van der Waals surface area contributed by atoms with Crippen molar-refractivity contribution < 1.29 is 9.53 Å². The highest BCUT2D eigenvalue weighted by Crippen LogP contribution is 2.32. The van der Waals surface area contributed by atoms with Gasteiger partial charge in [-0.1, -0.05) is 24.3 Å². The van der Waals surface area contributed by atoms with Crippen LogP contribution in [0.3, 0.4) is 0 Å². The van der Waals surface area contributed by atoms with Gasteiger partial charge in [-0.05, 0) is 47.5 Å². The van der Waals surface area contributed by atoms with Crippen LogP contribution in [0, 0.1) is 0 Å². The van der Waals surface area contributed by atoms with Crippen LogP contribution < -0.4 is 10.5 Å².